The van der Waals surface area contributed by atoms with Gasteiger partial charge in [-0.15, -0.1) is 0 Å². The Kier molecular flexibility index (Phi) is 7.90. The second-order valence-electron chi connectivity index (χ2n) is 7.48. The van der Waals surface area contributed by atoms with Gasteiger partial charge in [0, 0.05) is 50.5 Å². The molecule has 1 fully saturated rings. The van der Waals surface area contributed by atoms with E-state index in [2.05, 4.69) is 51.7 Å². The van der Waals surface area contributed by atoms with Crippen LogP contribution in [0.25, 0.3) is 0 Å². The highest BCUT2D eigenvalue weighted by Crippen LogP contribution is 2.19. The smallest absolute Gasteiger partial charge is 0.225 e. The van der Waals surface area contributed by atoms with Gasteiger partial charge in [-0.1, -0.05) is 12.1 Å². The van der Waals surface area contributed by atoms with Gasteiger partial charge < -0.3 is 25.2 Å². The van der Waals surface area contributed by atoms with Crippen molar-refractivity contribution >= 4 is 17.3 Å². The number of piperazine rings is 1. The summed E-state index contributed by atoms with van der Waals surface area (Å²) in [6, 6.07) is 16.2. The van der Waals surface area contributed by atoms with Crippen LogP contribution in [-0.2, 0) is 11.2 Å². The lowest BCUT2D eigenvalue weighted by atomic mass is 10.1. The summed E-state index contributed by atoms with van der Waals surface area (Å²) in [6.45, 7) is 5.78. The van der Waals surface area contributed by atoms with E-state index in [1.165, 1.54) is 11.3 Å². The van der Waals surface area contributed by atoms with Crippen LogP contribution < -0.4 is 20.3 Å². The average molecular weight is 397 g/mol. The Bertz CT molecular complexity index is 753. The Balaban J connectivity index is 1.32. The summed E-state index contributed by atoms with van der Waals surface area (Å²) < 4.78 is 5.16. The molecule has 0 spiro atoms. The van der Waals surface area contributed by atoms with Crippen molar-refractivity contribution in [1.82, 2.24) is 10.2 Å². The number of likely N-dealkylation sites (N-methyl/N-ethyl adjacent to an activating group) is 1. The quantitative estimate of drug-likeness (QED) is 0.638. The van der Waals surface area contributed by atoms with Gasteiger partial charge in [-0.2, -0.15) is 0 Å². The van der Waals surface area contributed by atoms with E-state index in [0.717, 1.165) is 50.6 Å². The second kappa shape index (κ2) is 10.8. The van der Waals surface area contributed by atoms with Crippen molar-refractivity contribution in [2.75, 3.05) is 63.6 Å². The number of nitrogens with one attached hydrogen (secondary N) is 2. The van der Waals surface area contributed by atoms with Crippen molar-refractivity contribution in [3.05, 3.63) is 54.1 Å². The minimum Gasteiger partial charge on any atom is -0.497 e. The van der Waals surface area contributed by atoms with Gasteiger partial charge in [-0.05, 0) is 62.0 Å². The predicted octanol–water partition coefficient (Wildman–Crippen LogP) is 2.61. The molecular weight excluding hydrogens is 364 g/mol. The maximum Gasteiger partial charge on any atom is 0.225 e. The first-order valence-electron chi connectivity index (χ1n) is 10.3. The van der Waals surface area contributed by atoms with Gasteiger partial charge in [-0.3, -0.25) is 4.79 Å². The summed E-state index contributed by atoms with van der Waals surface area (Å²) in [5.41, 5.74) is 3.32. The summed E-state index contributed by atoms with van der Waals surface area (Å²) in [6.07, 6.45) is 1.39. The molecule has 0 saturated carbocycles. The van der Waals surface area contributed by atoms with E-state index in [1.54, 1.807) is 7.11 Å². The summed E-state index contributed by atoms with van der Waals surface area (Å²) in [5.74, 6) is 0.907. The molecule has 1 aliphatic rings. The van der Waals surface area contributed by atoms with Crippen LogP contribution >= 0.6 is 0 Å². The molecule has 1 aliphatic heterocycles. The molecule has 0 atom stereocenters. The number of benzene rings is 2. The highest BCUT2D eigenvalue weighted by atomic mass is 16.5. The SMILES string of the molecule is COc1ccc(CCNCCC(=O)Nc2ccc(N3CCN(C)CC3)cc2)cc1. The van der Waals surface area contributed by atoms with Gasteiger partial charge in [0.1, 0.15) is 5.75 Å². The second-order valence-corrected chi connectivity index (χ2v) is 7.48. The Hall–Kier alpha value is -2.57. The molecule has 0 radical (unpaired) electrons. The molecule has 0 aromatic heterocycles. The Labute approximate surface area is 173 Å². The number of anilines is 2. The fraction of sp³-hybridized carbons (Fsp3) is 0.435. The van der Waals surface area contributed by atoms with Gasteiger partial charge in [0.05, 0.1) is 7.11 Å². The van der Waals surface area contributed by atoms with Gasteiger partial charge >= 0.3 is 0 Å². The van der Waals surface area contributed by atoms with E-state index in [1.807, 2.05) is 24.3 Å². The number of hydrogen-bond acceptors (Lipinski definition) is 5. The third-order valence-corrected chi connectivity index (χ3v) is 5.30. The molecule has 1 amide bonds. The van der Waals surface area contributed by atoms with E-state index < -0.39 is 0 Å². The minimum atomic E-state index is 0.0364. The van der Waals surface area contributed by atoms with Crippen LogP contribution in [0.5, 0.6) is 5.75 Å². The maximum absolute atomic E-state index is 12.2. The van der Waals surface area contributed by atoms with Crippen LogP contribution in [0, 0.1) is 0 Å². The largest absolute Gasteiger partial charge is 0.497 e. The maximum atomic E-state index is 12.2. The molecule has 2 aromatic carbocycles. The van der Waals surface area contributed by atoms with Crippen LogP contribution in [0.2, 0.25) is 0 Å². The molecule has 2 N–H and O–H groups in total. The average Bonchev–Trinajstić information content (AvgIpc) is 2.75. The van der Waals surface area contributed by atoms with Crippen LogP contribution in [-0.4, -0.2) is 64.2 Å². The van der Waals surface area contributed by atoms with Crippen LogP contribution in [0.1, 0.15) is 12.0 Å². The van der Waals surface area contributed by atoms with E-state index in [4.69, 9.17) is 4.74 Å². The molecule has 6 nitrogen and oxygen atoms in total. The zero-order valence-electron chi connectivity index (χ0n) is 17.5. The number of carbonyl (C=O) groups is 1. The molecule has 156 valence electrons. The number of methoxy groups -OCH3 is 1. The number of nitrogens with zero attached hydrogens (tertiary/aromatic N) is 2. The number of hydrogen-bond donors (Lipinski definition) is 2. The van der Waals surface area contributed by atoms with Crippen LogP contribution in [0.4, 0.5) is 11.4 Å². The van der Waals surface area contributed by atoms with Crippen molar-refractivity contribution in [2.24, 2.45) is 0 Å². The lowest BCUT2D eigenvalue weighted by molar-refractivity contribution is -0.116. The molecule has 0 aliphatic carbocycles. The molecular formula is C23H32N4O2. The zero-order chi connectivity index (χ0) is 20.5. The third kappa shape index (κ3) is 6.76. The topological polar surface area (TPSA) is 56.8 Å². The third-order valence-electron chi connectivity index (χ3n) is 5.30. The van der Waals surface area contributed by atoms with Crippen molar-refractivity contribution in [3.63, 3.8) is 0 Å². The summed E-state index contributed by atoms with van der Waals surface area (Å²) in [4.78, 5) is 16.9. The summed E-state index contributed by atoms with van der Waals surface area (Å²) in [5, 5.41) is 6.31. The normalized spacial score (nSPS) is 14.6. The lowest BCUT2D eigenvalue weighted by Crippen LogP contribution is -2.44. The number of rotatable bonds is 9. The molecule has 0 unspecified atom stereocenters. The van der Waals surface area contributed by atoms with Gasteiger partial charge in [0.25, 0.3) is 0 Å². The summed E-state index contributed by atoms with van der Waals surface area (Å²) >= 11 is 0. The van der Waals surface area contributed by atoms with Crippen molar-refractivity contribution in [2.45, 2.75) is 12.8 Å². The number of carbonyl (C=O) groups excluding carboxylic acids is 1. The zero-order valence-corrected chi connectivity index (χ0v) is 17.5. The van der Waals surface area contributed by atoms with E-state index in [9.17, 15) is 4.79 Å². The predicted molar refractivity (Wildman–Crippen MR) is 119 cm³/mol. The van der Waals surface area contributed by atoms with Crippen molar-refractivity contribution in [1.29, 1.82) is 0 Å². The van der Waals surface area contributed by atoms with Crippen LogP contribution in [0.15, 0.2) is 48.5 Å². The van der Waals surface area contributed by atoms with Crippen molar-refractivity contribution in [3.8, 4) is 5.75 Å². The molecule has 3 rings (SSSR count). The Morgan fingerprint density at radius 3 is 2.31 bits per heavy atom. The molecule has 1 heterocycles. The fourth-order valence-corrected chi connectivity index (χ4v) is 3.40. The first kappa shape index (κ1) is 21.1. The van der Waals surface area contributed by atoms with Crippen LogP contribution in [0.3, 0.4) is 0 Å². The highest BCUT2D eigenvalue weighted by Gasteiger charge is 2.14. The summed E-state index contributed by atoms with van der Waals surface area (Å²) in [7, 11) is 3.83. The van der Waals surface area contributed by atoms with Gasteiger partial charge in [0.15, 0.2) is 0 Å². The Morgan fingerprint density at radius 1 is 0.966 bits per heavy atom. The van der Waals surface area contributed by atoms with E-state index >= 15 is 0 Å². The molecule has 29 heavy (non-hydrogen) atoms. The van der Waals surface area contributed by atoms with Gasteiger partial charge in [-0.25, -0.2) is 0 Å². The first-order chi connectivity index (χ1) is 14.1. The van der Waals surface area contributed by atoms with E-state index in [0.29, 0.717) is 13.0 Å². The molecule has 0 bridgehead atoms. The van der Waals surface area contributed by atoms with Gasteiger partial charge in [0.2, 0.25) is 5.91 Å². The number of amides is 1. The lowest BCUT2D eigenvalue weighted by Gasteiger charge is -2.34. The van der Waals surface area contributed by atoms with E-state index in [-0.39, 0.29) is 5.91 Å². The fourth-order valence-electron chi connectivity index (χ4n) is 3.40. The highest BCUT2D eigenvalue weighted by molar-refractivity contribution is 5.91. The molecule has 2 aromatic rings. The standard InChI is InChI=1S/C23H32N4O2/c1-26-15-17-27(18-16-26)21-7-5-20(6-8-21)25-23(28)12-14-24-13-11-19-3-9-22(29-2)10-4-19/h3-10,24H,11-18H2,1-2H3,(H,25,28). The number of ether oxygens (including phenoxy) is 1. The monoisotopic (exact) mass is 396 g/mol. The Morgan fingerprint density at radius 2 is 1.66 bits per heavy atom. The molecule has 6 heteroatoms. The van der Waals surface area contributed by atoms with Crippen molar-refractivity contribution < 1.29 is 9.53 Å². The molecule has 1 saturated heterocycles. The first-order valence-corrected chi connectivity index (χ1v) is 10.3. The minimum absolute atomic E-state index is 0.0364.